The number of hydrogen-bond acceptors (Lipinski definition) is 5. The molecule has 0 radical (unpaired) electrons. The highest BCUT2D eigenvalue weighted by Crippen LogP contribution is 2.38. The van der Waals surface area contributed by atoms with Crippen molar-refractivity contribution >= 4 is 17.4 Å². The lowest BCUT2D eigenvalue weighted by molar-refractivity contribution is -0.128. The van der Waals surface area contributed by atoms with Crippen LogP contribution in [0, 0.1) is 5.41 Å². The minimum absolute atomic E-state index is 0.0471. The summed E-state index contributed by atoms with van der Waals surface area (Å²) >= 11 is 0. The average molecular weight is 525 g/mol. The van der Waals surface area contributed by atoms with Gasteiger partial charge < -0.3 is 19.9 Å². The van der Waals surface area contributed by atoms with Crippen LogP contribution in [0.1, 0.15) is 36.8 Å². The van der Waals surface area contributed by atoms with E-state index in [1.807, 2.05) is 29.0 Å². The summed E-state index contributed by atoms with van der Waals surface area (Å²) < 4.78 is 7.43. The summed E-state index contributed by atoms with van der Waals surface area (Å²) in [5, 5.41) is 17.6. The van der Waals surface area contributed by atoms with E-state index in [-0.39, 0.29) is 17.9 Å². The number of fused-ring (bicyclic) bond motifs is 1. The average Bonchev–Trinajstić information content (AvgIpc) is 3.64. The molecule has 1 aromatic heterocycles. The van der Waals surface area contributed by atoms with Gasteiger partial charge in [-0.3, -0.25) is 14.9 Å². The van der Waals surface area contributed by atoms with Gasteiger partial charge in [-0.25, -0.2) is 0 Å². The molecule has 8 heteroatoms. The lowest BCUT2D eigenvalue weighted by atomic mass is 9.85. The molecule has 2 aromatic carbocycles. The minimum atomic E-state index is 0.0471. The number of amidine groups is 1. The molecule has 0 saturated carbocycles. The molecule has 8 nitrogen and oxygen atoms in total. The van der Waals surface area contributed by atoms with Crippen molar-refractivity contribution in [2.45, 2.75) is 38.1 Å². The molecular formula is C31H36N6O2. The number of carbonyl (C=O) groups is 1. The molecule has 1 amide bonds. The number of carbonyl (C=O) groups excluding carboxylic acids is 1. The first-order chi connectivity index (χ1) is 19.0. The van der Waals surface area contributed by atoms with Gasteiger partial charge in [-0.2, -0.15) is 5.10 Å². The van der Waals surface area contributed by atoms with E-state index < -0.39 is 0 Å². The third-order valence-electron chi connectivity index (χ3n) is 8.20. The van der Waals surface area contributed by atoms with Gasteiger partial charge in [0.15, 0.2) is 0 Å². The highest BCUT2D eigenvalue weighted by Gasteiger charge is 2.33. The number of anilines is 1. The maximum absolute atomic E-state index is 12.4. The molecule has 202 valence electrons. The van der Waals surface area contributed by atoms with E-state index in [0.29, 0.717) is 32.1 Å². The van der Waals surface area contributed by atoms with Crippen molar-refractivity contribution in [3.63, 3.8) is 0 Å². The second kappa shape index (κ2) is 10.7. The summed E-state index contributed by atoms with van der Waals surface area (Å²) in [6.07, 6.45) is 6.51. The van der Waals surface area contributed by atoms with Gasteiger partial charge in [-0.15, -0.1) is 0 Å². The predicted molar refractivity (Wildman–Crippen MR) is 153 cm³/mol. The molecule has 0 aliphatic carbocycles. The van der Waals surface area contributed by atoms with Crippen LogP contribution in [-0.2, 0) is 23.0 Å². The molecular weight excluding hydrogens is 488 g/mol. The first-order valence-electron chi connectivity index (χ1n) is 13.8. The Morgan fingerprint density at radius 3 is 2.72 bits per heavy atom. The first kappa shape index (κ1) is 25.4. The van der Waals surface area contributed by atoms with E-state index in [4.69, 9.17) is 4.74 Å². The maximum Gasteiger partial charge on any atom is 0.219 e. The highest BCUT2D eigenvalue weighted by atomic mass is 16.5. The molecule has 2 N–H and O–H groups in total. The van der Waals surface area contributed by atoms with Crippen molar-refractivity contribution in [3.05, 3.63) is 83.3 Å². The topological polar surface area (TPSA) is 86.5 Å². The third kappa shape index (κ3) is 5.21. The Hall–Kier alpha value is -3.91. The second-order valence-corrected chi connectivity index (χ2v) is 10.9. The first-order valence-corrected chi connectivity index (χ1v) is 13.8. The summed E-state index contributed by atoms with van der Waals surface area (Å²) in [5.41, 5.74) is 7.75. The molecule has 0 unspecified atom stereocenters. The van der Waals surface area contributed by atoms with Crippen LogP contribution < -0.4 is 10.2 Å². The van der Waals surface area contributed by atoms with E-state index in [1.54, 1.807) is 6.92 Å². The lowest BCUT2D eigenvalue weighted by Gasteiger charge is -2.40. The Labute approximate surface area is 229 Å². The third-order valence-corrected chi connectivity index (χ3v) is 8.20. The van der Waals surface area contributed by atoms with Crippen LogP contribution in [0.15, 0.2) is 72.2 Å². The molecule has 39 heavy (non-hydrogen) atoms. The summed E-state index contributed by atoms with van der Waals surface area (Å²) in [5.74, 6) is 0.764. The lowest BCUT2D eigenvalue weighted by Crippen LogP contribution is -2.47. The molecule has 3 aromatic rings. The zero-order valence-electron chi connectivity index (χ0n) is 22.7. The maximum atomic E-state index is 12.4. The Morgan fingerprint density at radius 2 is 2.00 bits per heavy atom. The number of hydrogen-bond donors (Lipinski definition) is 2. The van der Waals surface area contributed by atoms with Crippen LogP contribution in [0.25, 0.3) is 11.1 Å². The van der Waals surface area contributed by atoms with Gasteiger partial charge in [0.1, 0.15) is 5.84 Å². The zero-order valence-corrected chi connectivity index (χ0v) is 22.7. The van der Waals surface area contributed by atoms with Gasteiger partial charge in [0.05, 0.1) is 25.4 Å². The molecule has 1 saturated heterocycles. The number of benzene rings is 2. The van der Waals surface area contributed by atoms with Gasteiger partial charge in [-0.1, -0.05) is 36.4 Å². The van der Waals surface area contributed by atoms with E-state index in [2.05, 4.69) is 63.8 Å². The van der Waals surface area contributed by atoms with Gasteiger partial charge in [0, 0.05) is 74.7 Å². The predicted octanol–water partition coefficient (Wildman–Crippen LogP) is 4.10. The Bertz CT molecular complexity index is 1410. The van der Waals surface area contributed by atoms with Crippen molar-refractivity contribution < 1.29 is 9.53 Å². The fourth-order valence-corrected chi connectivity index (χ4v) is 6.04. The van der Waals surface area contributed by atoms with Crippen LogP contribution in [0.2, 0.25) is 0 Å². The van der Waals surface area contributed by atoms with E-state index in [0.717, 1.165) is 54.0 Å². The number of nitrogens with zero attached hydrogens (tertiary/aromatic N) is 4. The van der Waals surface area contributed by atoms with Crippen LogP contribution in [0.4, 0.5) is 5.69 Å². The number of rotatable bonds is 5. The number of aromatic nitrogens is 2. The van der Waals surface area contributed by atoms with Crippen LogP contribution in [0.3, 0.4) is 0 Å². The Morgan fingerprint density at radius 1 is 1.15 bits per heavy atom. The summed E-state index contributed by atoms with van der Waals surface area (Å²) in [7, 11) is 1.93. The molecule has 0 spiro atoms. The highest BCUT2D eigenvalue weighted by molar-refractivity contribution is 6.09. The van der Waals surface area contributed by atoms with Gasteiger partial charge in [0.2, 0.25) is 5.91 Å². The minimum Gasteiger partial charge on any atom is -0.383 e. The zero-order chi connectivity index (χ0) is 26.9. The summed E-state index contributed by atoms with van der Waals surface area (Å²) in [6, 6.07) is 17.4. The largest absolute Gasteiger partial charge is 0.383 e. The van der Waals surface area contributed by atoms with Crippen LogP contribution in [0.5, 0.6) is 0 Å². The van der Waals surface area contributed by atoms with Crippen molar-refractivity contribution in [3.8, 4) is 11.1 Å². The summed E-state index contributed by atoms with van der Waals surface area (Å²) in [4.78, 5) is 16.4. The standard InChI is InChI=1S/C31H36N6O2/c1-21(38)36-12-10-29(34-27-11-13-39-20-27)28(19-36)31(32)37-18-25(22-6-4-3-5-7-22)15-24-14-23(8-9-30(24)37)26-16-33-35(2)17-26/h3-9,14,16-17,25,27,32,34H,10-13,15,18-20H2,1-2H3/t25-,27+/m1/s1. The SMILES string of the molecule is CC(=O)N1CCC(N[C@H]2CCOC2)=C(C(=N)N2C[C@H](c3ccccc3)Cc3cc(-c4cnn(C)c4)ccc32)C1. The Kier molecular flexibility index (Phi) is 6.95. The number of nitrogens with one attached hydrogen (secondary N) is 2. The molecule has 1 fully saturated rings. The van der Waals surface area contributed by atoms with E-state index in [1.165, 1.54) is 11.1 Å². The van der Waals surface area contributed by atoms with Crippen LogP contribution >= 0.6 is 0 Å². The van der Waals surface area contributed by atoms with Crippen molar-refractivity contribution in [1.29, 1.82) is 5.41 Å². The second-order valence-electron chi connectivity index (χ2n) is 10.9. The summed E-state index contributed by atoms with van der Waals surface area (Å²) in [6.45, 7) is 4.88. The quantitative estimate of drug-likeness (QED) is 0.388. The van der Waals surface area contributed by atoms with Crippen LogP contribution in [-0.4, -0.2) is 65.3 Å². The fraction of sp³-hybridized carbons (Fsp3) is 0.387. The molecule has 4 heterocycles. The molecule has 0 bridgehead atoms. The van der Waals surface area contributed by atoms with E-state index in [9.17, 15) is 10.2 Å². The molecule has 3 aliphatic rings. The fourth-order valence-electron chi connectivity index (χ4n) is 6.04. The molecule has 6 rings (SSSR count). The number of aryl methyl sites for hydroxylation is 1. The van der Waals surface area contributed by atoms with Gasteiger partial charge >= 0.3 is 0 Å². The molecule has 2 atom stereocenters. The monoisotopic (exact) mass is 524 g/mol. The normalized spacial score (nSPS) is 21.2. The number of ether oxygens (including phenoxy) is 1. The van der Waals surface area contributed by atoms with Crippen molar-refractivity contribution in [2.24, 2.45) is 7.05 Å². The van der Waals surface area contributed by atoms with Gasteiger partial charge in [-0.05, 0) is 41.7 Å². The van der Waals surface area contributed by atoms with Crippen molar-refractivity contribution in [1.82, 2.24) is 20.0 Å². The van der Waals surface area contributed by atoms with Crippen molar-refractivity contribution in [2.75, 3.05) is 37.7 Å². The smallest absolute Gasteiger partial charge is 0.219 e. The number of amides is 1. The Balaban J connectivity index is 1.39. The molecule has 3 aliphatic heterocycles. The van der Waals surface area contributed by atoms with E-state index >= 15 is 0 Å². The van der Waals surface area contributed by atoms with Gasteiger partial charge in [0.25, 0.3) is 0 Å².